The Balaban J connectivity index is 2.19. The molecule has 1 heterocycles. The van der Waals surface area contributed by atoms with Gasteiger partial charge >= 0.3 is 0 Å². The van der Waals surface area contributed by atoms with Crippen LogP contribution in [0.25, 0.3) is 0 Å². The number of ether oxygens (including phenoxy) is 1. The molecule has 1 rings (SSSR count). The monoisotopic (exact) mass is 188 g/mol. The van der Waals surface area contributed by atoms with Crippen LogP contribution in [0.5, 0.6) is 0 Å². The zero-order valence-corrected chi connectivity index (χ0v) is 8.20. The van der Waals surface area contributed by atoms with Gasteiger partial charge in [0.1, 0.15) is 0 Å². The Morgan fingerprint density at radius 2 is 2.38 bits per heavy atom. The van der Waals surface area contributed by atoms with Crippen molar-refractivity contribution in [3.05, 3.63) is 0 Å². The summed E-state index contributed by atoms with van der Waals surface area (Å²) in [5.41, 5.74) is 5.71. The lowest BCUT2D eigenvalue weighted by atomic mass is 10.0. The average molecular weight is 188 g/mol. The lowest BCUT2D eigenvalue weighted by molar-refractivity contribution is -0.0136. The van der Waals surface area contributed by atoms with Crippen LogP contribution in [0.3, 0.4) is 0 Å². The Morgan fingerprint density at radius 1 is 1.62 bits per heavy atom. The van der Waals surface area contributed by atoms with Crippen LogP contribution < -0.4 is 11.1 Å². The molecule has 0 aromatic rings. The molecular formula is C9H20N2O2. The van der Waals surface area contributed by atoms with E-state index in [-0.39, 0.29) is 18.8 Å². The van der Waals surface area contributed by atoms with Gasteiger partial charge in [-0.15, -0.1) is 0 Å². The molecule has 0 aromatic carbocycles. The second-order valence-corrected chi connectivity index (χ2v) is 3.68. The fourth-order valence-corrected chi connectivity index (χ4v) is 1.61. The van der Waals surface area contributed by atoms with Crippen molar-refractivity contribution in [3.8, 4) is 0 Å². The third kappa shape index (κ3) is 3.60. The molecule has 4 heteroatoms. The molecule has 0 saturated carbocycles. The minimum Gasteiger partial charge on any atom is -0.395 e. The molecule has 4 nitrogen and oxygen atoms in total. The normalized spacial score (nSPS) is 31.6. The van der Waals surface area contributed by atoms with Gasteiger partial charge in [-0.1, -0.05) is 0 Å². The highest BCUT2D eigenvalue weighted by Gasteiger charge is 2.23. The summed E-state index contributed by atoms with van der Waals surface area (Å²) in [6.45, 7) is 3.55. The van der Waals surface area contributed by atoms with Crippen LogP contribution in [0.15, 0.2) is 0 Å². The number of aliphatic hydroxyl groups is 1. The van der Waals surface area contributed by atoms with E-state index in [0.717, 1.165) is 12.8 Å². The highest BCUT2D eigenvalue weighted by molar-refractivity contribution is 4.79. The van der Waals surface area contributed by atoms with Crippen molar-refractivity contribution in [1.29, 1.82) is 0 Å². The topological polar surface area (TPSA) is 67.5 Å². The Labute approximate surface area is 79.5 Å². The first-order valence-corrected chi connectivity index (χ1v) is 4.95. The number of aliphatic hydroxyl groups excluding tert-OH is 1. The molecule has 0 bridgehead atoms. The molecule has 3 atom stereocenters. The van der Waals surface area contributed by atoms with Crippen molar-refractivity contribution >= 4 is 0 Å². The van der Waals surface area contributed by atoms with E-state index in [1.165, 1.54) is 0 Å². The Kier molecular flexibility index (Phi) is 4.66. The van der Waals surface area contributed by atoms with Crippen molar-refractivity contribution in [2.75, 3.05) is 19.8 Å². The van der Waals surface area contributed by atoms with Gasteiger partial charge in [0.05, 0.1) is 19.3 Å². The SMILES string of the molecule is CC(NCCO)C1CCC(N)CO1. The molecule has 0 spiro atoms. The second kappa shape index (κ2) is 5.54. The van der Waals surface area contributed by atoms with Gasteiger partial charge < -0.3 is 20.9 Å². The van der Waals surface area contributed by atoms with Gasteiger partial charge in [0.15, 0.2) is 0 Å². The summed E-state index contributed by atoms with van der Waals surface area (Å²) in [6, 6.07) is 0.515. The predicted molar refractivity (Wildman–Crippen MR) is 51.5 cm³/mol. The van der Waals surface area contributed by atoms with Crippen LogP contribution in [0.4, 0.5) is 0 Å². The molecule has 0 amide bonds. The fraction of sp³-hybridized carbons (Fsp3) is 1.00. The maximum Gasteiger partial charge on any atom is 0.0726 e. The number of rotatable bonds is 4. The molecule has 0 aliphatic carbocycles. The summed E-state index contributed by atoms with van der Waals surface area (Å²) in [5, 5.41) is 11.8. The third-order valence-corrected chi connectivity index (χ3v) is 2.48. The third-order valence-electron chi connectivity index (χ3n) is 2.48. The Hall–Kier alpha value is -0.160. The van der Waals surface area contributed by atoms with Crippen molar-refractivity contribution in [2.45, 2.75) is 38.0 Å². The number of hydrogen-bond acceptors (Lipinski definition) is 4. The zero-order chi connectivity index (χ0) is 9.68. The predicted octanol–water partition coefficient (Wildman–Crippen LogP) is -0.537. The molecular weight excluding hydrogens is 168 g/mol. The summed E-state index contributed by atoms with van der Waals surface area (Å²) in [7, 11) is 0. The molecule has 0 aromatic heterocycles. The molecule has 1 fully saturated rings. The summed E-state index contributed by atoms with van der Waals surface area (Å²) < 4.78 is 5.58. The first-order valence-electron chi connectivity index (χ1n) is 4.95. The number of hydrogen-bond donors (Lipinski definition) is 3. The summed E-state index contributed by atoms with van der Waals surface area (Å²) in [4.78, 5) is 0. The Morgan fingerprint density at radius 3 is 2.92 bits per heavy atom. The van der Waals surface area contributed by atoms with Crippen molar-refractivity contribution < 1.29 is 9.84 Å². The van der Waals surface area contributed by atoms with Crippen LogP contribution in [-0.2, 0) is 4.74 Å². The van der Waals surface area contributed by atoms with Crippen molar-refractivity contribution in [2.24, 2.45) is 5.73 Å². The standard InChI is InChI=1S/C9H20N2O2/c1-7(11-4-5-12)9-3-2-8(10)6-13-9/h7-9,11-12H,2-6,10H2,1H3. The maximum atomic E-state index is 8.63. The lowest BCUT2D eigenvalue weighted by Crippen LogP contribution is -2.46. The average Bonchev–Trinajstić information content (AvgIpc) is 2.15. The highest BCUT2D eigenvalue weighted by atomic mass is 16.5. The second-order valence-electron chi connectivity index (χ2n) is 3.68. The van der Waals surface area contributed by atoms with E-state index in [2.05, 4.69) is 12.2 Å². The van der Waals surface area contributed by atoms with Crippen LogP contribution in [0.1, 0.15) is 19.8 Å². The highest BCUT2D eigenvalue weighted by Crippen LogP contribution is 2.14. The smallest absolute Gasteiger partial charge is 0.0726 e. The maximum absolute atomic E-state index is 8.63. The molecule has 13 heavy (non-hydrogen) atoms. The van der Waals surface area contributed by atoms with Crippen LogP contribution >= 0.6 is 0 Å². The van der Waals surface area contributed by atoms with Crippen LogP contribution in [0, 0.1) is 0 Å². The summed E-state index contributed by atoms with van der Waals surface area (Å²) >= 11 is 0. The molecule has 1 aliphatic heterocycles. The van der Waals surface area contributed by atoms with E-state index in [4.69, 9.17) is 15.6 Å². The van der Waals surface area contributed by atoms with Gasteiger partial charge in [-0.05, 0) is 19.8 Å². The van der Waals surface area contributed by atoms with E-state index in [9.17, 15) is 0 Å². The molecule has 4 N–H and O–H groups in total. The number of nitrogens with two attached hydrogens (primary N) is 1. The van der Waals surface area contributed by atoms with Gasteiger partial charge in [-0.25, -0.2) is 0 Å². The van der Waals surface area contributed by atoms with Gasteiger partial charge in [-0.3, -0.25) is 0 Å². The summed E-state index contributed by atoms with van der Waals surface area (Å²) in [5.74, 6) is 0. The summed E-state index contributed by atoms with van der Waals surface area (Å²) in [6.07, 6.45) is 2.31. The first-order chi connectivity index (χ1) is 6.24. The van der Waals surface area contributed by atoms with Crippen molar-refractivity contribution in [1.82, 2.24) is 5.32 Å². The van der Waals surface area contributed by atoms with Crippen LogP contribution in [0.2, 0.25) is 0 Å². The van der Waals surface area contributed by atoms with Gasteiger partial charge in [0.25, 0.3) is 0 Å². The molecule has 3 unspecified atom stereocenters. The zero-order valence-electron chi connectivity index (χ0n) is 8.20. The largest absolute Gasteiger partial charge is 0.395 e. The van der Waals surface area contributed by atoms with Crippen LogP contribution in [-0.4, -0.2) is 43.1 Å². The molecule has 0 radical (unpaired) electrons. The van der Waals surface area contributed by atoms with E-state index in [1.54, 1.807) is 0 Å². The van der Waals surface area contributed by atoms with Gasteiger partial charge in [0, 0.05) is 18.6 Å². The minimum absolute atomic E-state index is 0.177. The van der Waals surface area contributed by atoms with Gasteiger partial charge in [0.2, 0.25) is 0 Å². The molecule has 1 saturated heterocycles. The Bertz CT molecular complexity index is 136. The fourth-order valence-electron chi connectivity index (χ4n) is 1.61. The lowest BCUT2D eigenvalue weighted by Gasteiger charge is -2.31. The van der Waals surface area contributed by atoms with E-state index >= 15 is 0 Å². The van der Waals surface area contributed by atoms with Gasteiger partial charge in [-0.2, -0.15) is 0 Å². The van der Waals surface area contributed by atoms with Crippen molar-refractivity contribution in [3.63, 3.8) is 0 Å². The quantitative estimate of drug-likeness (QED) is 0.554. The molecule has 1 aliphatic rings. The number of nitrogens with one attached hydrogen (secondary N) is 1. The van der Waals surface area contributed by atoms with E-state index in [0.29, 0.717) is 19.2 Å². The van der Waals surface area contributed by atoms with E-state index in [1.807, 2.05) is 0 Å². The van der Waals surface area contributed by atoms with E-state index < -0.39 is 0 Å². The first kappa shape index (κ1) is 10.9. The minimum atomic E-state index is 0.177. The molecule has 78 valence electrons.